The number of nitrogens with zero attached hydrogens (tertiary/aromatic N) is 4. The summed E-state index contributed by atoms with van der Waals surface area (Å²) in [6, 6.07) is 20.0. The van der Waals surface area contributed by atoms with Crippen molar-refractivity contribution in [3.63, 3.8) is 0 Å². The monoisotopic (exact) mass is 533 g/mol. The first-order chi connectivity index (χ1) is 19.2. The molecule has 0 unspecified atom stereocenters. The van der Waals surface area contributed by atoms with Crippen LogP contribution in [0.3, 0.4) is 0 Å². The number of nitrogens with one attached hydrogen (secondary N) is 1. The number of hydrogen-bond donors (Lipinski definition) is 1. The van der Waals surface area contributed by atoms with Crippen LogP contribution in [0.5, 0.6) is 0 Å². The third kappa shape index (κ3) is 7.19. The molecule has 6 heteroatoms. The van der Waals surface area contributed by atoms with Crippen LogP contribution in [0.15, 0.2) is 79.3 Å². The lowest BCUT2D eigenvalue weighted by Crippen LogP contribution is -2.38. The highest BCUT2D eigenvalue weighted by Crippen LogP contribution is 2.30. The maximum atomic E-state index is 13.2. The van der Waals surface area contributed by atoms with E-state index >= 15 is 0 Å². The smallest absolute Gasteiger partial charge is 0.255 e. The molecular weight excluding hydrogens is 494 g/mol. The first-order valence-corrected chi connectivity index (χ1v) is 14.2. The maximum Gasteiger partial charge on any atom is 0.255 e. The normalized spacial score (nSPS) is 14.7. The first-order valence-electron chi connectivity index (χ1n) is 14.2. The molecule has 0 atom stereocenters. The summed E-state index contributed by atoms with van der Waals surface area (Å²) in [5.41, 5.74) is 7.06. The van der Waals surface area contributed by atoms with Gasteiger partial charge in [-0.1, -0.05) is 39.0 Å². The molecule has 2 aromatic carbocycles. The minimum Gasteiger partial charge on any atom is -0.322 e. The van der Waals surface area contributed by atoms with Crippen LogP contribution in [-0.2, 0) is 6.42 Å². The van der Waals surface area contributed by atoms with Crippen molar-refractivity contribution < 1.29 is 4.79 Å². The van der Waals surface area contributed by atoms with Crippen LogP contribution in [0.1, 0.15) is 72.4 Å². The van der Waals surface area contributed by atoms with Gasteiger partial charge < -0.3 is 10.2 Å². The number of aryl methyl sites for hydroxylation is 1. The number of hydrogen-bond acceptors (Lipinski definition) is 5. The molecule has 4 aromatic rings. The second-order valence-corrected chi connectivity index (χ2v) is 12.1. The van der Waals surface area contributed by atoms with Gasteiger partial charge in [0.25, 0.3) is 5.91 Å². The van der Waals surface area contributed by atoms with Gasteiger partial charge in [0.05, 0.1) is 5.69 Å². The highest BCUT2D eigenvalue weighted by molar-refractivity contribution is 6.04. The molecule has 1 N–H and O–H groups in total. The highest BCUT2D eigenvalue weighted by atomic mass is 16.1. The number of pyridine rings is 1. The fourth-order valence-electron chi connectivity index (χ4n) is 5.47. The molecule has 3 heterocycles. The number of aromatic nitrogens is 3. The number of carbonyl (C=O) groups is 1. The summed E-state index contributed by atoms with van der Waals surface area (Å²) in [6.07, 6.45) is 8.23. The number of carbonyl (C=O) groups excluding carboxylic acids is 1. The van der Waals surface area contributed by atoms with E-state index in [1.54, 1.807) is 18.6 Å². The van der Waals surface area contributed by atoms with Gasteiger partial charge in [0, 0.05) is 48.4 Å². The van der Waals surface area contributed by atoms with Gasteiger partial charge in [-0.3, -0.25) is 9.78 Å². The molecule has 0 bridgehead atoms. The number of likely N-dealkylation sites (tertiary alicyclic amines) is 1. The third-order valence-electron chi connectivity index (χ3n) is 7.55. The standard InChI is InChI=1S/C34H39N5O/c1-24-7-8-27(20-29(24)21-32-36-17-13-31(38-32)28-6-5-16-35-22-28)33(40)37-30-11-9-25(10-12-30)26-14-18-39(19-15-26)23-34(2,3)4/h5-13,16-17,20,22,26H,14-15,18-19,21,23H2,1-4H3,(H,37,40). The lowest BCUT2D eigenvalue weighted by molar-refractivity contribution is 0.102. The number of anilines is 1. The fraction of sp³-hybridized carbons (Fsp3) is 0.353. The summed E-state index contributed by atoms with van der Waals surface area (Å²) >= 11 is 0. The van der Waals surface area contributed by atoms with Crippen molar-refractivity contribution in [3.8, 4) is 11.3 Å². The Balaban J connectivity index is 1.21. The summed E-state index contributed by atoms with van der Waals surface area (Å²) in [7, 11) is 0. The van der Waals surface area contributed by atoms with Gasteiger partial charge in [-0.25, -0.2) is 9.97 Å². The number of piperidine rings is 1. The molecule has 0 radical (unpaired) electrons. The second-order valence-electron chi connectivity index (χ2n) is 12.1. The van der Waals surface area contributed by atoms with Crippen LogP contribution in [0.2, 0.25) is 0 Å². The van der Waals surface area contributed by atoms with Crippen LogP contribution >= 0.6 is 0 Å². The molecular formula is C34H39N5O. The van der Waals surface area contributed by atoms with Gasteiger partial charge in [0.15, 0.2) is 0 Å². The Hall–Kier alpha value is -3.90. The second kappa shape index (κ2) is 12.1. The molecule has 1 amide bonds. The summed E-state index contributed by atoms with van der Waals surface area (Å²) in [5.74, 6) is 1.18. The Labute approximate surface area is 237 Å². The molecule has 1 fully saturated rings. The summed E-state index contributed by atoms with van der Waals surface area (Å²) in [4.78, 5) is 29.1. The summed E-state index contributed by atoms with van der Waals surface area (Å²) in [6.45, 7) is 12.4. The van der Waals surface area contributed by atoms with E-state index in [1.807, 2.05) is 55.5 Å². The minimum atomic E-state index is -0.116. The molecule has 1 aliphatic heterocycles. The Kier molecular flexibility index (Phi) is 8.36. The van der Waals surface area contributed by atoms with Gasteiger partial charge in [-0.2, -0.15) is 0 Å². The molecule has 40 heavy (non-hydrogen) atoms. The van der Waals surface area contributed by atoms with Crippen LogP contribution in [0, 0.1) is 12.3 Å². The zero-order valence-electron chi connectivity index (χ0n) is 24.0. The van der Waals surface area contributed by atoms with Gasteiger partial charge in [0.1, 0.15) is 5.82 Å². The molecule has 1 aliphatic rings. The average Bonchev–Trinajstić information content (AvgIpc) is 2.95. The van der Waals surface area contributed by atoms with E-state index < -0.39 is 0 Å². The maximum absolute atomic E-state index is 13.2. The summed E-state index contributed by atoms with van der Waals surface area (Å²) in [5, 5.41) is 3.08. The SMILES string of the molecule is Cc1ccc(C(=O)Nc2ccc(C3CCN(CC(C)(C)C)CC3)cc2)cc1Cc1nccc(-c2cccnc2)n1. The van der Waals surface area contributed by atoms with Crippen molar-refractivity contribution in [2.75, 3.05) is 25.0 Å². The Morgan fingerprint density at radius 2 is 1.77 bits per heavy atom. The molecule has 5 rings (SSSR count). The van der Waals surface area contributed by atoms with E-state index in [4.69, 9.17) is 4.98 Å². The topological polar surface area (TPSA) is 71.0 Å². The molecule has 0 spiro atoms. The van der Waals surface area contributed by atoms with Gasteiger partial charge >= 0.3 is 0 Å². The molecule has 2 aromatic heterocycles. The van der Waals surface area contributed by atoms with Crippen molar-refractivity contribution >= 4 is 11.6 Å². The van der Waals surface area contributed by atoms with E-state index in [0.29, 0.717) is 29.1 Å². The van der Waals surface area contributed by atoms with E-state index in [-0.39, 0.29) is 5.91 Å². The molecule has 1 saturated heterocycles. The number of rotatable bonds is 7. The Morgan fingerprint density at radius 1 is 1.00 bits per heavy atom. The van der Waals surface area contributed by atoms with Crippen molar-refractivity contribution in [3.05, 3.63) is 107 Å². The Bertz CT molecular complexity index is 1440. The minimum absolute atomic E-state index is 0.116. The van der Waals surface area contributed by atoms with E-state index in [2.05, 4.69) is 53.1 Å². The lowest BCUT2D eigenvalue weighted by Gasteiger charge is -2.36. The van der Waals surface area contributed by atoms with Crippen LogP contribution in [0.4, 0.5) is 5.69 Å². The fourth-order valence-corrected chi connectivity index (χ4v) is 5.47. The van der Waals surface area contributed by atoms with Crippen LogP contribution in [-0.4, -0.2) is 45.4 Å². The quantitative estimate of drug-likeness (QED) is 0.279. The first kappa shape index (κ1) is 27.7. The van der Waals surface area contributed by atoms with E-state index in [0.717, 1.165) is 47.7 Å². The van der Waals surface area contributed by atoms with Gasteiger partial charge in [0.2, 0.25) is 0 Å². The van der Waals surface area contributed by atoms with Crippen LogP contribution < -0.4 is 5.32 Å². The van der Waals surface area contributed by atoms with Gasteiger partial charge in [-0.05, 0) is 103 Å². The van der Waals surface area contributed by atoms with Crippen molar-refractivity contribution in [2.45, 2.75) is 52.9 Å². The molecule has 0 aliphatic carbocycles. The predicted octanol–water partition coefficient (Wildman–Crippen LogP) is 6.92. The van der Waals surface area contributed by atoms with Crippen molar-refractivity contribution in [1.82, 2.24) is 19.9 Å². The molecule has 206 valence electrons. The molecule has 0 saturated carbocycles. The van der Waals surface area contributed by atoms with E-state index in [9.17, 15) is 4.79 Å². The number of amides is 1. The van der Waals surface area contributed by atoms with Gasteiger partial charge in [-0.15, -0.1) is 0 Å². The third-order valence-corrected chi connectivity index (χ3v) is 7.55. The van der Waals surface area contributed by atoms with Crippen LogP contribution in [0.25, 0.3) is 11.3 Å². The predicted molar refractivity (Wildman–Crippen MR) is 162 cm³/mol. The lowest BCUT2D eigenvalue weighted by atomic mass is 9.88. The zero-order chi connectivity index (χ0) is 28.1. The average molecular weight is 534 g/mol. The highest BCUT2D eigenvalue weighted by Gasteiger charge is 2.24. The van der Waals surface area contributed by atoms with Crippen molar-refractivity contribution in [1.29, 1.82) is 0 Å². The molecule has 6 nitrogen and oxygen atoms in total. The van der Waals surface area contributed by atoms with Crippen molar-refractivity contribution in [2.24, 2.45) is 5.41 Å². The van der Waals surface area contributed by atoms with E-state index in [1.165, 1.54) is 18.4 Å². The largest absolute Gasteiger partial charge is 0.322 e. The number of benzene rings is 2. The Morgan fingerprint density at radius 3 is 2.48 bits per heavy atom. The zero-order valence-corrected chi connectivity index (χ0v) is 24.0. The summed E-state index contributed by atoms with van der Waals surface area (Å²) < 4.78 is 0.